The van der Waals surface area contributed by atoms with Gasteiger partial charge in [-0.1, -0.05) is 12.1 Å². The van der Waals surface area contributed by atoms with Crippen LogP contribution in [0.2, 0.25) is 0 Å². The van der Waals surface area contributed by atoms with E-state index in [9.17, 15) is 14.4 Å². The summed E-state index contributed by atoms with van der Waals surface area (Å²) in [7, 11) is 1.62. The van der Waals surface area contributed by atoms with E-state index >= 15 is 0 Å². The zero-order chi connectivity index (χ0) is 17.8. The molecule has 1 aromatic carbocycles. The molecule has 2 fully saturated rings. The molecule has 0 aromatic heterocycles. The van der Waals surface area contributed by atoms with Gasteiger partial charge in [0, 0.05) is 25.6 Å². The molecule has 0 saturated carbocycles. The Labute approximate surface area is 146 Å². The fraction of sp³-hybridized carbons (Fsp3) is 0.500. The number of piperidine rings is 1. The predicted molar refractivity (Wildman–Crippen MR) is 89.1 cm³/mol. The number of ether oxygens (including phenoxy) is 2. The molecule has 3 rings (SSSR count). The van der Waals surface area contributed by atoms with Crippen molar-refractivity contribution in [1.29, 1.82) is 0 Å². The van der Waals surface area contributed by atoms with Crippen LogP contribution < -0.4 is 4.74 Å². The Balaban J connectivity index is 1.46. The van der Waals surface area contributed by atoms with Gasteiger partial charge in [0.05, 0.1) is 7.11 Å². The van der Waals surface area contributed by atoms with Crippen LogP contribution >= 0.6 is 0 Å². The number of imide groups is 1. The summed E-state index contributed by atoms with van der Waals surface area (Å²) in [5.74, 6) is 0.617. The van der Waals surface area contributed by atoms with E-state index in [1.165, 1.54) is 4.90 Å². The molecule has 3 amide bonds. The van der Waals surface area contributed by atoms with Gasteiger partial charge < -0.3 is 14.4 Å². The van der Waals surface area contributed by atoms with E-state index in [-0.39, 0.29) is 24.5 Å². The van der Waals surface area contributed by atoms with Gasteiger partial charge in [-0.05, 0) is 37.0 Å². The Morgan fingerprint density at radius 3 is 2.44 bits per heavy atom. The van der Waals surface area contributed by atoms with Crippen molar-refractivity contribution in [3.8, 4) is 5.75 Å². The molecule has 134 valence electrons. The second-order valence-corrected chi connectivity index (χ2v) is 6.28. The summed E-state index contributed by atoms with van der Waals surface area (Å²) in [5, 5.41) is 0. The van der Waals surface area contributed by atoms with E-state index < -0.39 is 6.09 Å². The highest BCUT2D eigenvalue weighted by atomic mass is 16.6. The van der Waals surface area contributed by atoms with E-state index in [1.54, 1.807) is 7.11 Å². The van der Waals surface area contributed by atoms with Gasteiger partial charge in [-0.2, -0.15) is 0 Å². The Morgan fingerprint density at radius 2 is 1.88 bits per heavy atom. The molecule has 0 radical (unpaired) electrons. The number of methoxy groups -OCH3 is 1. The number of carbonyl (C=O) groups is 3. The summed E-state index contributed by atoms with van der Waals surface area (Å²) in [5.41, 5.74) is 1.09. The third kappa shape index (κ3) is 3.92. The third-order valence-corrected chi connectivity index (χ3v) is 4.75. The number of nitrogens with zero attached hydrogens (tertiary/aromatic N) is 2. The minimum Gasteiger partial charge on any atom is -0.497 e. The Bertz CT molecular complexity index is 634. The summed E-state index contributed by atoms with van der Waals surface area (Å²) in [6, 6.07) is 7.54. The van der Waals surface area contributed by atoms with Crippen molar-refractivity contribution in [3.63, 3.8) is 0 Å². The van der Waals surface area contributed by atoms with Crippen molar-refractivity contribution in [2.24, 2.45) is 0 Å². The highest BCUT2D eigenvalue weighted by molar-refractivity contribution is 5.98. The molecule has 0 unspecified atom stereocenters. The van der Waals surface area contributed by atoms with E-state index in [2.05, 4.69) is 0 Å². The molecule has 1 aromatic rings. The van der Waals surface area contributed by atoms with Crippen LogP contribution in [0.25, 0.3) is 0 Å². The Hall–Kier alpha value is -2.57. The summed E-state index contributed by atoms with van der Waals surface area (Å²) in [6.45, 7) is 0.951. The minimum absolute atomic E-state index is 0.101. The first kappa shape index (κ1) is 17.3. The molecule has 0 atom stereocenters. The second-order valence-electron chi connectivity index (χ2n) is 6.28. The Kier molecular flexibility index (Phi) is 5.21. The van der Waals surface area contributed by atoms with Crippen molar-refractivity contribution in [2.75, 3.05) is 26.8 Å². The molecule has 2 aliphatic rings. The van der Waals surface area contributed by atoms with Crippen LogP contribution in [0.1, 0.15) is 24.8 Å². The topological polar surface area (TPSA) is 76.2 Å². The minimum atomic E-state index is -0.561. The maximum absolute atomic E-state index is 12.4. The van der Waals surface area contributed by atoms with E-state index in [4.69, 9.17) is 9.47 Å². The van der Waals surface area contributed by atoms with Gasteiger partial charge in [0.2, 0.25) is 5.91 Å². The lowest BCUT2D eigenvalue weighted by Gasteiger charge is -2.34. The lowest BCUT2D eigenvalue weighted by Crippen LogP contribution is -2.48. The molecule has 0 bridgehead atoms. The van der Waals surface area contributed by atoms with Gasteiger partial charge in [-0.15, -0.1) is 0 Å². The number of hydrogen-bond donors (Lipinski definition) is 0. The van der Waals surface area contributed by atoms with Crippen LogP contribution in [0.4, 0.5) is 4.79 Å². The molecule has 2 heterocycles. The molecule has 2 saturated heterocycles. The highest BCUT2D eigenvalue weighted by Gasteiger charge is 2.38. The number of aryl methyl sites for hydroxylation is 1. The molecule has 0 spiro atoms. The first-order valence-corrected chi connectivity index (χ1v) is 8.48. The van der Waals surface area contributed by atoms with Crippen molar-refractivity contribution in [2.45, 2.75) is 31.7 Å². The first-order chi connectivity index (χ1) is 12.1. The fourth-order valence-corrected chi connectivity index (χ4v) is 3.29. The predicted octanol–water partition coefficient (Wildman–Crippen LogP) is 1.60. The molecular weight excluding hydrogens is 324 g/mol. The Morgan fingerprint density at radius 1 is 1.20 bits per heavy atom. The molecule has 0 aliphatic carbocycles. The van der Waals surface area contributed by atoms with Gasteiger partial charge in [-0.3, -0.25) is 9.59 Å². The number of cyclic esters (lactones) is 1. The number of carbonyl (C=O) groups excluding carboxylic acids is 3. The third-order valence-electron chi connectivity index (χ3n) is 4.75. The molecular formula is C18H22N2O5. The van der Waals surface area contributed by atoms with Crippen molar-refractivity contribution < 1.29 is 23.9 Å². The van der Waals surface area contributed by atoms with Crippen LogP contribution in [0.15, 0.2) is 24.3 Å². The van der Waals surface area contributed by atoms with Gasteiger partial charge >= 0.3 is 6.09 Å². The monoisotopic (exact) mass is 346 g/mol. The summed E-state index contributed by atoms with van der Waals surface area (Å²) >= 11 is 0. The quantitative estimate of drug-likeness (QED) is 0.809. The number of hydrogen-bond acceptors (Lipinski definition) is 5. The summed E-state index contributed by atoms with van der Waals surface area (Å²) in [6.07, 6.45) is 1.78. The van der Waals surface area contributed by atoms with Crippen molar-refractivity contribution in [1.82, 2.24) is 9.80 Å². The summed E-state index contributed by atoms with van der Waals surface area (Å²) < 4.78 is 9.88. The second kappa shape index (κ2) is 7.55. The zero-order valence-electron chi connectivity index (χ0n) is 14.3. The van der Waals surface area contributed by atoms with E-state index in [1.807, 2.05) is 29.2 Å². The maximum Gasteiger partial charge on any atom is 0.417 e. The van der Waals surface area contributed by atoms with E-state index in [0.29, 0.717) is 38.8 Å². The SMILES string of the molecule is COc1ccc(CCC(=O)N2CCC(N3C(=O)COC3=O)CC2)cc1. The lowest BCUT2D eigenvalue weighted by molar-refractivity contribution is -0.133. The average molecular weight is 346 g/mol. The molecule has 25 heavy (non-hydrogen) atoms. The van der Waals surface area contributed by atoms with Crippen LogP contribution in [0.5, 0.6) is 5.75 Å². The molecule has 0 N–H and O–H groups in total. The zero-order valence-corrected chi connectivity index (χ0v) is 14.3. The van der Waals surface area contributed by atoms with Crippen LogP contribution in [-0.4, -0.2) is 60.6 Å². The van der Waals surface area contributed by atoms with Gasteiger partial charge in [0.15, 0.2) is 6.61 Å². The lowest BCUT2D eigenvalue weighted by atomic mass is 10.0. The van der Waals surface area contributed by atoms with Crippen LogP contribution in [-0.2, 0) is 20.7 Å². The van der Waals surface area contributed by atoms with Gasteiger partial charge in [-0.25, -0.2) is 9.69 Å². The van der Waals surface area contributed by atoms with Gasteiger partial charge in [0.25, 0.3) is 5.91 Å². The average Bonchev–Trinajstić information content (AvgIpc) is 2.98. The summed E-state index contributed by atoms with van der Waals surface area (Å²) in [4.78, 5) is 38.7. The number of likely N-dealkylation sites (tertiary alicyclic amines) is 1. The first-order valence-electron chi connectivity index (χ1n) is 8.48. The van der Waals surface area contributed by atoms with Crippen LogP contribution in [0, 0.1) is 0 Å². The fourth-order valence-electron chi connectivity index (χ4n) is 3.29. The molecule has 7 nitrogen and oxygen atoms in total. The van der Waals surface area contributed by atoms with Crippen molar-refractivity contribution in [3.05, 3.63) is 29.8 Å². The normalized spacial score (nSPS) is 18.4. The van der Waals surface area contributed by atoms with Crippen molar-refractivity contribution >= 4 is 17.9 Å². The smallest absolute Gasteiger partial charge is 0.417 e. The standard InChI is InChI=1S/C18H22N2O5/c1-24-15-5-2-13(3-6-15)4-7-16(21)19-10-8-14(9-11-19)20-17(22)12-25-18(20)23/h2-3,5-6,14H,4,7-12H2,1H3. The number of amides is 3. The maximum atomic E-state index is 12.4. The molecule has 2 aliphatic heterocycles. The van der Waals surface area contributed by atoms with E-state index in [0.717, 1.165) is 11.3 Å². The number of benzene rings is 1. The molecule has 7 heteroatoms. The largest absolute Gasteiger partial charge is 0.497 e. The van der Waals surface area contributed by atoms with Gasteiger partial charge in [0.1, 0.15) is 5.75 Å². The number of rotatable bonds is 5. The van der Waals surface area contributed by atoms with Crippen LogP contribution in [0.3, 0.4) is 0 Å². The highest BCUT2D eigenvalue weighted by Crippen LogP contribution is 2.21.